The van der Waals surface area contributed by atoms with Gasteiger partial charge in [-0.05, 0) is 43.7 Å². The summed E-state index contributed by atoms with van der Waals surface area (Å²) in [7, 11) is 0. The predicted molar refractivity (Wildman–Crippen MR) is 65.7 cm³/mol. The summed E-state index contributed by atoms with van der Waals surface area (Å²) >= 11 is 0. The first kappa shape index (κ1) is 14.1. The summed E-state index contributed by atoms with van der Waals surface area (Å²) in [5.41, 5.74) is -0.734. The molecule has 2 N–H and O–H groups in total. The molecule has 0 saturated heterocycles. The van der Waals surface area contributed by atoms with Crippen molar-refractivity contribution in [2.75, 3.05) is 11.9 Å². The maximum absolute atomic E-state index is 12.4. The number of hydrogen-bond acceptors (Lipinski definition) is 3. The average Bonchev–Trinajstić information content (AvgIpc) is 2.39. The number of pyridine rings is 1. The zero-order valence-electron chi connectivity index (χ0n) is 10.5. The molecule has 0 radical (unpaired) electrons. The van der Waals surface area contributed by atoms with Gasteiger partial charge in [-0.15, -0.1) is 0 Å². The molecule has 0 amide bonds. The lowest BCUT2D eigenvalue weighted by molar-refractivity contribution is -0.137. The fourth-order valence-electron chi connectivity index (χ4n) is 2.35. The Hall–Kier alpha value is -1.30. The highest BCUT2D eigenvalue weighted by molar-refractivity contribution is 5.37. The van der Waals surface area contributed by atoms with E-state index in [4.69, 9.17) is 5.11 Å². The third-order valence-corrected chi connectivity index (χ3v) is 3.55. The molecule has 1 aromatic heterocycles. The molecule has 1 aliphatic rings. The molecule has 2 rings (SSSR count). The fourth-order valence-corrected chi connectivity index (χ4v) is 2.35. The van der Waals surface area contributed by atoms with E-state index in [9.17, 15) is 13.2 Å². The zero-order valence-corrected chi connectivity index (χ0v) is 10.5. The SMILES string of the molecule is OCC1CCC(Nc2ccc(C(F)(F)F)cn2)CC1. The van der Waals surface area contributed by atoms with Crippen molar-refractivity contribution in [2.24, 2.45) is 5.92 Å². The van der Waals surface area contributed by atoms with Crippen LogP contribution < -0.4 is 5.32 Å². The van der Waals surface area contributed by atoms with Crippen LogP contribution in [0.2, 0.25) is 0 Å². The first-order chi connectivity index (χ1) is 8.99. The van der Waals surface area contributed by atoms with Crippen LogP contribution in [0.5, 0.6) is 0 Å². The van der Waals surface area contributed by atoms with Crippen LogP contribution in [0.15, 0.2) is 18.3 Å². The highest BCUT2D eigenvalue weighted by Gasteiger charge is 2.30. The Labute approximate surface area is 109 Å². The van der Waals surface area contributed by atoms with Gasteiger partial charge in [-0.2, -0.15) is 13.2 Å². The van der Waals surface area contributed by atoms with E-state index in [1.54, 1.807) is 0 Å². The van der Waals surface area contributed by atoms with Gasteiger partial charge in [0, 0.05) is 18.8 Å². The van der Waals surface area contributed by atoms with Crippen molar-refractivity contribution >= 4 is 5.82 Å². The van der Waals surface area contributed by atoms with Gasteiger partial charge < -0.3 is 10.4 Å². The lowest BCUT2D eigenvalue weighted by Crippen LogP contribution is -2.27. The van der Waals surface area contributed by atoms with Gasteiger partial charge in [-0.1, -0.05) is 0 Å². The van der Waals surface area contributed by atoms with E-state index in [0.29, 0.717) is 11.7 Å². The van der Waals surface area contributed by atoms with E-state index in [1.807, 2.05) is 0 Å². The Morgan fingerprint density at radius 2 is 1.89 bits per heavy atom. The van der Waals surface area contributed by atoms with Crippen LogP contribution in [-0.2, 0) is 6.18 Å². The van der Waals surface area contributed by atoms with Crippen LogP contribution in [0.3, 0.4) is 0 Å². The molecule has 19 heavy (non-hydrogen) atoms. The van der Waals surface area contributed by atoms with Crippen molar-refractivity contribution in [3.8, 4) is 0 Å². The third kappa shape index (κ3) is 3.83. The summed E-state index contributed by atoms with van der Waals surface area (Å²) in [5, 5.41) is 12.2. The number of aliphatic hydroxyl groups excluding tert-OH is 1. The van der Waals surface area contributed by atoms with Crippen molar-refractivity contribution in [1.29, 1.82) is 0 Å². The van der Waals surface area contributed by atoms with Crippen molar-refractivity contribution in [3.05, 3.63) is 23.9 Å². The van der Waals surface area contributed by atoms with Gasteiger partial charge >= 0.3 is 6.18 Å². The largest absolute Gasteiger partial charge is 0.417 e. The van der Waals surface area contributed by atoms with Crippen LogP contribution in [-0.4, -0.2) is 22.7 Å². The standard InChI is InChI=1S/C13H17F3N2O/c14-13(15,16)10-3-6-12(17-7-10)18-11-4-1-9(8-19)2-5-11/h3,6-7,9,11,19H,1-2,4-5,8H2,(H,17,18). The maximum Gasteiger partial charge on any atom is 0.417 e. The summed E-state index contributed by atoms with van der Waals surface area (Å²) in [4.78, 5) is 3.80. The van der Waals surface area contributed by atoms with Crippen LogP contribution in [0.4, 0.5) is 19.0 Å². The number of alkyl halides is 3. The van der Waals surface area contributed by atoms with Crippen LogP contribution in [0, 0.1) is 5.92 Å². The second-order valence-electron chi connectivity index (χ2n) is 4.97. The second-order valence-corrected chi connectivity index (χ2v) is 4.97. The molecule has 1 fully saturated rings. The number of nitrogens with one attached hydrogen (secondary N) is 1. The molecule has 0 atom stereocenters. The molecular formula is C13H17F3N2O. The number of aromatic nitrogens is 1. The molecule has 1 aromatic rings. The van der Waals surface area contributed by atoms with Gasteiger partial charge in [0.15, 0.2) is 0 Å². The van der Waals surface area contributed by atoms with Crippen molar-refractivity contribution in [3.63, 3.8) is 0 Å². The minimum absolute atomic E-state index is 0.214. The molecule has 0 bridgehead atoms. The van der Waals surface area contributed by atoms with Crippen molar-refractivity contribution in [2.45, 2.75) is 37.9 Å². The van der Waals surface area contributed by atoms with Crippen LogP contribution in [0.25, 0.3) is 0 Å². The fraction of sp³-hybridized carbons (Fsp3) is 0.615. The van der Waals surface area contributed by atoms with E-state index in [0.717, 1.165) is 37.9 Å². The Balaban J connectivity index is 1.90. The number of aliphatic hydroxyl groups is 1. The minimum atomic E-state index is -4.34. The third-order valence-electron chi connectivity index (χ3n) is 3.55. The molecule has 0 aromatic carbocycles. The number of anilines is 1. The second kappa shape index (κ2) is 5.77. The highest BCUT2D eigenvalue weighted by atomic mass is 19.4. The van der Waals surface area contributed by atoms with E-state index in [-0.39, 0.29) is 12.6 Å². The summed E-state index contributed by atoms with van der Waals surface area (Å²) in [6.45, 7) is 0.214. The zero-order chi connectivity index (χ0) is 13.9. The topological polar surface area (TPSA) is 45.1 Å². The van der Waals surface area contributed by atoms with Crippen LogP contribution >= 0.6 is 0 Å². The summed E-state index contributed by atoms with van der Waals surface area (Å²) in [6, 6.07) is 2.63. The van der Waals surface area contributed by atoms with Gasteiger partial charge in [0.25, 0.3) is 0 Å². The Morgan fingerprint density at radius 3 is 2.37 bits per heavy atom. The monoisotopic (exact) mass is 274 g/mol. The maximum atomic E-state index is 12.4. The summed E-state index contributed by atoms with van der Waals surface area (Å²) in [6.07, 6.45) is 0.206. The predicted octanol–water partition coefficient (Wildman–Crippen LogP) is 3.06. The molecule has 1 aliphatic carbocycles. The number of nitrogens with zero attached hydrogens (tertiary/aromatic N) is 1. The van der Waals surface area contributed by atoms with E-state index in [1.165, 1.54) is 6.07 Å². The summed E-state index contributed by atoms with van der Waals surface area (Å²) < 4.78 is 37.1. The molecule has 3 nitrogen and oxygen atoms in total. The Bertz CT molecular complexity index is 397. The molecule has 0 aliphatic heterocycles. The molecule has 106 valence electrons. The Morgan fingerprint density at radius 1 is 1.21 bits per heavy atom. The van der Waals surface area contributed by atoms with Gasteiger partial charge in [0.1, 0.15) is 5.82 Å². The normalized spacial score (nSPS) is 24.2. The molecule has 6 heteroatoms. The lowest BCUT2D eigenvalue weighted by Gasteiger charge is -2.28. The number of hydrogen-bond donors (Lipinski definition) is 2. The van der Waals surface area contributed by atoms with E-state index in [2.05, 4.69) is 10.3 Å². The summed E-state index contributed by atoms with van der Waals surface area (Å²) in [5.74, 6) is 0.832. The van der Waals surface area contributed by atoms with Gasteiger partial charge in [-0.3, -0.25) is 0 Å². The van der Waals surface area contributed by atoms with Crippen molar-refractivity contribution < 1.29 is 18.3 Å². The molecular weight excluding hydrogens is 257 g/mol. The van der Waals surface area contributed by atoms with E-state index >= 15 is 0 Å². The van der Waals surface area contributed by atoms with Crippen molar-refractivity contribution in [1.82, 2.24) is 4.98 Å². The first-order valence-corrected chi connectivity index (χ1v) is 6.39. The molecule has 1 heterocycles. The smallest absolute Gasteiger partial charge is 0.396 e. The van der Waals surface area contributed by atoms with Crippen LogP contribution in [0.1, 0.15) is 31.2 Å². The number of halogens is 3. The number of rotatable bonds is 3. The van der Waals surface area contributed by atoms with E-state index < -0.39 is 11.7 Å². The first-order valence-electron chi connectivity index (χ1n) is 6.39. The minimum Gasteiger partial charge on any atom is -0.396 e. The Kier molecular flexibility index (Phi) is 4.29. The molecule has 1 saturated carbocycles. The molecule has 0 spiro atoms. The lowest BCUT2D eigenvalue weighted by atomic mass is 9.86. The quantitative estimate of drug-likeness (QED) is 0.890. The average molecular weight is 274 g/mol. The van der Waals surface area contributed by atoms with Gasteiger partial charge in [0.2, 0.25) is 0 Å². The highest BCUT2D eigenvalue weighted by Crippen LogP contribution is 2.30. The molecule has 0 unspecified atom stereocenters. The van der Waals surface area contributed by atoms with Gasteiger partial charge in [-0.25, -0.2) is 4.98 Å². The van der Waals surface area contributed by atoms with Gasteiger partial charge in [0.05, 0.1) is 5.56 Å².